The van der Waals surface area contributed by atoms with Crippen molar-refractivity contribution in [1.29, 1.82) is 0 Å². The second-order valence-corrected chi connectivity index (χ2v) is 5.32. The van der Waals surface area contributed by atoms with E-state index in [1.165, 1.54) is 7.11 Å². The van der Waals surface area contributed by atoms with Crippen LogP contribution in [0.3, 0.4) is 0 Å². The van der Waals surface area contributed by atoms with Gasteiger partial charge in [0.05, 0.1) is 13.2 Å². The van der Waals surface area contributed by atoms with E-state index in [9.17, 15) is 9.59 Å². The van der Waals surface area contributed by atoms with Crippen molar-refractivity contribution < 1.29 is 14.3 Å². The Kier molecular flexibility index (Phi) is 6.40. The Hall–Kier alpha value is -2.79. The van der Waals surface area contributed by atoms with Gasteiger partial charge in [-0.3, -0.25) is 4.79 Å². The van der Waals surface area contributed by atoms with Gasteiger partial charge in [-0.15, -0.1) is 0 Å². The van der Waals surface area contributed by atoms with E-state index >= 15 is 0 Å². The summed E-state index contributed by atoms with van der Waals surface area (Å²) in [5, 5.41) is 6.15. The zero-order valence-electron chi connectivity index (χ0n) is 13.1. The summed E-state index contributed by atoms with van der Waals surface area (Å²) in [5.41, 5.74) is 1.61. The molecule has 2 aromatic carbocycles. The highest BCUT2D eigenvalue weighted by Gasteiger charge is 2.12. The van der Waals surface area contributed by atoms with E-state index in [0.29, 0.717) is 17.3 Å². The van der Waals surface area contributed by atoms with Crippen molar-refractivity contribution in [2.75, 3.05) is 12.4 Å². The van der Waals surface area contributed by atoms with Gasteiger partial charge in [0.1, 0.15) is 5.70 Å². The van der Waals surface area contributed by atoms with E-state index in [-0.39, 0.29) is 5.70 Å². The van der Waals surface area contributed by atoms with Gasteiger partial charge in [-0.2, -0.15) is 0 Å². The predicted octanol–water partition coefficient (Wildman–Crippen LogP) is 3.13. The fourth-order valence-electron chi connectivity index (χ4n) is 1.93. The third kappa shape index (κ3) is 5.44. The zero-order chi connectivity index (χ0) is 17.4. The van der Waals surface area contributed by atoms with Gasteiger partial charge in [-0.25, -0.2) is 4.79 Å². The molecule has 0 saturated carbocycles. The summed E-state index contributed by atoms with van der Waals surface area (Å²) in [4.78, 5) is 23.9. The van der Waals surface area contributed by atoms with E-state index in [2.05, 4.69) is 15.4 Å². The normalized spacial score (nSPS) is 10.8. The van der Waals surface area contributed by atoms with Gasteiger partial charge in [-0.05, 0) is 23.8 Å². The fourth-order valence-corrected chi connectivity index (χ4v) is 2.12. The average Bonchev–Trinajstić information content (AvgIpc) is 2.60. The van der Waals surface area contributed by atoms with E-state index < -0.39 is 11.9 Å². The Bertz CT molecular complexity index is 745. The van der Waals surface area contributed by atoms with Crippen LogP contribution in [0.4, 0.5) is 5.69 Å². The fraction of sp³-hybridized carbons (Fsp3) is 0.111. The lowest BCUT2D eigenvalue weighted by Crippen LogP contribution is -2.28. The first-order valence-corrected chi connectivity index (χ1v) is 7.60. The summed E-state index contributed by atoms with van der Waals surface area (Å²) >= 11 is 5.93. The van der Waals surface area contributed by atoms with Crippen LogP contribution in [0.25, 0.3) is 0 Å². The maximum atomic E-state index is 12.4. The summed E-state index contributed by atoms with van der Waals surface area (Å²) in [6, 6.07) is 16.3. The molecule has 0 heterocycles. The molecule has 0 fully saturated rings. The third-order valence-corrected chi connectivity index (χ3v) is 3.34. The number of benzene rings is 2. The number of carbonyl (C=O) groups excluding carboxylic acids is 2. The molecule has 2 N–H and O–H groups in total. The monoisotopic (exact) mass is 344 g/mol. The van der Waals surface area contributed by atoms with Gasteiger partial charge in [0.2, 0.25) is 0 Å². The highest BCUT2D eigenvalue weighted by Crippen LogP contribution is 2.17. The standard InChI is InChI=1S/C18H17ClN2O3/c1-24-17(22)11-16(21-15-9-5-8-14(19)10-15)18(23)20-12-13-6-3-2-4-7-13/h2-11,21H,12H2,1H3,(H,20,23)/b16-11-. The van der Waals surface area contributed by atoms with Crippen LogP contribution in [0.1, 0.15) is 5.56 Å². The topological polar surface area (TPSA) is 67.4 Å². The van der Waals surface area contributed by atoms with Crippen molar-refractivity contribution in [3.63, 3.8) is 0 Å². The maximum Gasteiger partial charge on any atom is 0.332 e. The first-order valence-electron chi connectivity index (χ1n) is 7.23. The van der Waals surface area contributed by atoms with Gasteiger partial charge in [0, 0.05) is 17.3 Å². The quantitative estimate of drug-likeness (QED) is 0.624. The summed E-state index contributed by atoms with van der Waals surface area (Å²) in [7, 11) is 1.25. The predicted molar refractivity (Wildman–Crippen MR) is 93.5 cm³/mol. The van der Waals surface area contributed by atoms with Crippen molar-refractivity contribution >= 4 is 29.2 Å². The molecule has 6 heteroatoms. The number of carbonyl (C=O) groups is 2. The van der Waals surface area contributed by atoms with Crippen LogP contribution >= 0.6 is 11.6 Å². The molecule has 5 nitrogen and oxygen atoms in total. The summed E-state index contributed by atoms with van der Waals surface area (Å²) in [5.74, 6) is -1.06. The Morgan fingerprint density at radius 2 is 1.88 bits per heavy atom. The van der Waals surface area contributed by atoms with Crippen molar-refractivity contribution in [3.05, 3.63) is 77.0 Å². The number of methoxy groups -OCH3 is 1. The van der Waals surface area contributed by atoms with Gasteiger partial charge >= 0.3 is 5.97 Å². The molecule has 0 atom stereocenters. The second-order valence-electron chi connectivity index (χ2n) is 4.88. The van der Waals surface area contributed by atoms with Crippen LogP contribution in [-0.2, 0) is 20.9 Å². The van der Waals surface area contributed by atoms with Crippen molar-refractivity contribution in [2.45, 2.75) is 6.54 Å². The summed E-state index contributed by atoms with van der Waals surface area (Å²) in [6.07, 6.45) is 1.10. The van der Waals surface area contributed by atoms with Gasteiger partial charge in [-0.1, -0.05) is 48.0 Å². The molecule has 0 radical (unpaired) electrons. The minimum atomic E-state index is -0.630. The van der Waals surface area contributed by atoms with E-state index in [1.807, 2.05) is 30.3 Å². The Balaban J connectivity index is 2.11. The number of amides is 1. The van der Waals surface area contributed by atoms with Crippen LogP contribution in [-0.4, -0.2) is 19.0 Å². The number of ether oxygens (including phenoxy) is 1. The van der Waals surface area contributed by atoms with Crippen LogP contribution in [0.5, 0.6) is 0 Å². The molecule has 2 aromatic rings. The second kappa shape index (κ2) is 8.74. The first kappa shape index (κ1) is 17.6. The highest BCUT2D eigenvalue weighted by molar-refractivity contribution is 6.30. The molecule has 24 heavy (non-hydrogen) atoms. The molecule has 0 spiro atoms. The molecule has 2 rings (SSSR count). The molecule has 0 aliphatic heterocycles. The zero-order valence-corrected chi connectivity index (χ0v) is 13.8. The van der Waals surface area contributed by atoms with Crippen molar-refractivity contribution in [2.24, 2.45) is 0 Å². The molecule has 0 bridgehead atoms. The molecular formula is C18H17ClN2O3. The third-order valence-electron chi connectivity index (χ3n) is 3.11. The largest absolute Gasteiger partial charge is 0.466 e. The molecule has 0 aliphatic carbocycles. The Morgan fingerprint density at radius 3 is 2.54 bits per heavy atom. The Labute approximate surface area is 145 Å². The lowest BCUT2D eigenvalue weighted by molar-refractivity contribution is -0.135. The Morgan fingerprint density at radius 1 is 1.12 bits per heavy atom. The summed E-state index contributed by atoms with van der Waals surface area (Å²) < 4.78 is 4.59. The lowest BCUT2D eigenvalue weighted by Gasteiger charge is -2.12. The van der Waals surface area contributed by atoms with Crippen LogP contribution in [0.15, 0.2) is 66.4 Å². The van der Waals surface area contributed by atoms with Crippen molar-refractivity contribution in [3.8, 4) is 0 Å². The number of halogens is 1. The number of rotatable bonds is 6. The highest BCUT2D eigenvalue weighted by atomic mass is 35.5. The number of hydrogen-bond acceptors (Lipinski definition) is 4. The summed E-state index contributed by atoms with van der Waals surface area (Å²) in [6.45, 7) is 0.343. The molecular weight excluding hydrogens is 328 g/mol. The van der Waals surface area contributed by atoms with Gasteiger partial charge < -0.3 is 15.4 Å². The number of nitrogens with one attached hydrogen (secondary N) is 2. The maximum absolute atomic E-state index is 12.4. The molecule has 0 saturated heterocycles. The molecule has 1 amide bonds. The van der Waals surface area contributed by atoms with Crippen LogP contribution in [0.2, 0.25) is 5.02 Å². The smallest absolute Gasteiger partial charge is 0.332 e. The lowest BCUT2D eigenvalue weighted by atomic mass is 10.2. The number of esters is 1. The van der Waals surface area contributed by atoms with E-state index in [4.69, 9.17) is 11.6 Å². The minimum Gasteiger partial charge on any atom is -0.466 e. The molecule has 124 valence electrons. The van der Waals surface area contributed by atoms with Crippen LogP contribution < -0.4 is 10.6 Å². The van der Waals surface area contributed by atoms with Crippen molar-refractivity contribution in [1.82, 2.24) is 5.32 Å². The molecule has 0 unspecified atom stereocenters. The van der Waals surface area contributed by atoms with Crippen LogP contribution in [0, 0.1) is 0 Å². The first-order chi connectivity index (χ1) is 11.6. The number of hydrogen-bond donors (Lipinski definition) is 2. The average molecular weight is 345 g/mol. The van der Waals surface area contributed by atoms with E-state index in [1.54, 1.807) is 24.3 Å². The molecule has 0 aromatic heterocycles. The molecule has 0 aliphatic rings. The minimum absolute atomic E-state index is 0.0695. The van der Waals surface area contributed by atoms with Gasteiger partial charge in [0.15, 0.2) is 0 Å². The van der Waals surface area contributed by atoms with Gasteiger partial charge in [0.25, 0.3) is 5.91 Å². The van der Waals surface area contributed by atoms with E-state index in [0.717, 1.165) is 11.6 Å². The number of anilines is 1. The SMILES string of the molecule is COC(=O)/C=C(\Nc1cccc(Cl)c1)C(=O)NCc1ccccc1.